The summed E-state index contributed by atoms with van der Waals surface area (Å²) in [6.45, 7) is 0.910. The normalized spacial score (nSPS) is 30.1. The maximum absolute atomic E-state index is 12.8. The van der Waals surface area contributed by atoms with Crippen LogP contribution in [-0.2, 0) is 11.2 Å². The van der Waals surface area contributed by atoms with Gasteiger partial charge in [0.15, 0.2) is 0 Å². The number of carbonyl (C=O) groups excluding carboxylic acids is 1. The van der Waals surface area contributed by atoms with Gasteiger partial charge in [0, 0.05) is 35.0 Å². The highest BCUT2D eigenvalue weighted by Gasteiger charge is 2.49. The van der Waals surface area contributed by atoms with Crippen LogP contribution in [0.25, 0.3) is 10.9 Å². The quantitative estimate of drug-likeness (QED) is 0.740. The lowest BCUT2D eigenvalue weighted by atomic mass is 9.80. The van der Waals surface area contributed by atoms with Crippen LogP contribution in [0, 0.1) is 11.8 Å². The Morgan fingerprint density at radius 1 is 1.14 bits per heavy atom. The Kier molecular flexibility index (Phi) is 2.55. The summed E-state index contributed by atoms with van der Waals surface area (Å²) in [5.74, 6) is 1.03. The Hall–Kier alpha value is -2.03. The fraction of sp³-hybridized carbons (Fsp3) is 0.421. The number of allylic oxidation sites excluding steroid dienone is 2. The lowest BCUT2D eigenvalue weighted by Gasteiger charge is -2.27. The molecule has 3 heterocycles. The molecule has 0 spiro atoms. The number of amides is 1. The summed E-state index contributed by atoms with van der Waals surface area (Å²) in [4.78, 5) is 18.7. The van der Waals surface area contributed by atoms with Crippen LogP contribution >= 0.6 is 0 Å². The number of aryl methyl sites for hydroxylation is 1. The molecule has 1 aromatic carbocycles. The van der Waals surface area contributed by atoms with E-state index in [1.54, 1.807) is 0 Å². The van der Waals surface area contributed by atoms with E-state index in [1.807, 2.05) is 0 Å². The molecule has 112 valence electrons. The van der Waals surface area contributed by atoms with Crippen LogP contribution in [-0.4, -0.2) is 22.3 Å². The van der Waals surface area contributed by atoms with Crippen molar-refractivity contribution in [2.45, 2.75) is 31.7 Å². The number of para-hydroxylation sites is 1. The summed E-state index contributed by atoms with van der Waals surface area (Å²) in [6.07, 6.45) is 8.57. The fourth-order valence-electron chi connectivity index (χ4n) is 4.84. The predicted octanol–water partition coefficient (Wildman–Crippen LogP) is 3.58. The first-order chi connectivity index (χ1) is 10.8. The van der Waals surface area contributed by atoms with Crippen molar-refractivity contribution in [2.24, 2.45) is 11.8 Å². The number of hydrogen-bond donors (Lipinski definition) is 1. The minimum Gasteiger partial charge on any atom is -0.356 e. The zero-order valence-corrected chi connectivity index (χ0v) is 12.6. The second-order valence-corrected chi connectivity index (χ2v) is 6.86. The van der Waals surface area contributed by atoms with E-state index >= 15 is 0 Å². The van der Waals surface area contributed by atoms with Crippen molar-refractivity contribution >= 4 is 16.8 Å². The highest BCUT2D eigenvalue weighted by Crippen LogP contribution is 2.49. The van der Waals surface area contributed by atoms with Crippen molar-refractivity contribution in [3.05, 3.63) is 47.7 Å². The molecule has 1 amide bonds. The molecule has 0 saturated carbocycles. The van der Waals surface area contributed by atoms with E-state index in [2.05, 4.69) is 46.3 Å². The summed E-state index contributed by atoms with van der Waals surface area (Å²) in [5, 5.41) is 1.35. The van der Waals surface area contributed by atoms with Gasteiger partial charge in [0.1, 0.15) is 0 Å². The first-order valence-electron chi connectivity index (χ1n) is 8.39. The van der Waals surface area contributed by atoms with Crippen LogP contribution in [0.15, 0.2) is 36.4 Å². The van der Waals surface area contributed by atoms with E-state index in [-0.39, 0.29) is 12.0 Å². The molecule has 1 aromatic heterocycles. The molecule has 2 aliphatic heterocycles. The molecule has 1 saturated heterocycles. The fourth-order valence-corrected chi connectivity index (χ4v) is 4.84. The van der Waals surface area contributed by atoms with Gasteiger partial charge in [0.25, 0.3) is 0 Å². The van der Waals surface area contributed by atoms with Gasteiger partial charge in [-0.3, -0.25) is 4.79 Å². The number of rotatable bonds is 0. The third-order valence-electron chi connectivity index (χ3n) is 5.79. The highest BCUT2D eigenvalue weighted by atomic mass is 16.2. The van der Waals surface area contributed by atoms with Crippen molar-refractivity contribution in [3.8, 4) is 0 Å². The minimum absolute atomic E-state index is 0.201. The standard InChI is InChI=1S/C19H20N2O/c22-19-15-8-2-1-7-14(15)18-17-13(9-5-11-21(18)19)12-6-3-4-10-16(12)20-17/h1-4,6,10,14-15,18,20H,5,7-9,11H2/t14-,15+,18+/m0/s1. The molecule has 3 aliphatic rings. The maximum atomic E-state index is 12.8. The lowest BCUT2D eigenvalue weighted by molar-refractivity contribution is -0.132. The Morgan fingerprint density at radius 3 is 2.95 bits per heavy atom. The number of benzene rings is 1. The van der Waals surface area contributed by atoms with Gasteiger partial charge in [-0.2, -0.15) is 0 Å². The molecule has 22 heavy (non-hydrogen) atoms. The van der Waals surface area contributed by atoms with Crippen LogP contribution in [0.4, 0.5) is 0 Å². The Labute approximate surface area is 130 Å². The van der Waals surface area contributed by atoms with E-state index in [0.717, 1.165) is 32.2 Å². The predicted molar refractivity (Wildman–Crippen MR) is 86.4 cm³/mol. The molecule has 3 nitrogen and oxygen atoms in total. The SMILES string of the molecule is O=C1[C@@H]2CC=CC[C@@H]2[C@@H]2c3[nH]c4ccccc4c3CCCN12. The number of nitrogens with zero attached hydrogens (tertiary/aromatic N) is 1. The number of nitrogens with one attached hydrogen (secondary N) is 1. The molecule has 2 aromatic rings. The van der Waals surface area contributed by atoms with Gasteiger partial charge >= 0.3 is 0 Å². The number of aromatic amines is 1. The van der Waals surface area contributed by atoms with E-state index < -0.39 is 0 Å². The van der Waals surface area contributed by atoms with Crippen molar-refractivity contribution < 1.29 is 4.79 Å². The van der Waals surface area contributed by atoms with Crippen LogP contribution < -0.4 is 0 Å². The summed E-state index contributed by atoms with van der Waals surface area (Å²) in [7, 11) is 0. The second-order valence-electron chi connectivity index (χ2n) is 6.86. The highest BCUT2D eigenvalue weighted by molar-refractivity contribution is 5.87. The number of carbonyl (C=O) groups is 1. The second kappa shape index (κ2) is 4.48. The molecular formula is C19H20N2O. The summed E-state index contributed by atoms with van der Waals surface area (Å²) >= 11 is 0. The zero-order chi connectivity index (χ0) is 14.7. The molecular weight excluding hydrogens is 272 g/mol. The van der Waals surface area contributed by atoms with Gasteiger partial charge in [-0.25, -0.2) is 0 Å². The van der Waals surface area contributed by atoms with Gasteiger partial charge in [-0.15, -0.1) is 0 Å². The largest absolute Gasteiger partial charge is 0.356 e. The number of aromatic nitrogens is 1. The van der Waals surface area contributed by atoms with Gasteiger partial charge in [0.2, 0.25) is 5.91 Å². The van der Waals surface area contributed by atoms with Crippen LogP contribution in [0.2, 0.25) is 0 Å². The molecule has 1 aliphatic carbocycles. The van der Waals surface area contributed by atoms with E-state index in [0.29, 0.717) is 11.8 Å². The monoisotopic (exact) mass is 292 g/mol. The van der Waals surface area contributed by atoms with Crippen molar-refractivity contribution in [1.29, 1.82) is 0 Å². The van der Waals surface area contributed by atoms with Crippen LogP contribution in [0.1, 0.15) is 36.6 Å². The first kappa shape index (κ1) is 12.5. The Bertz CT molecular complexity index is 788. The van der Waals surface area contributed by atoms with Crippen molar-refractivity contribution in [1.82, 2.24) is 9.88 Å². The third-order valence-corrected chi connectivity index (χ3v) is 5.79. The van der Waals surface area contributed by atoms with E-state index in [1.165, 1.54) is 22.2 Å². The first-order valence-corrected chi connectivity index (χ1v) is 8.39. The topological polar surface area (TPSA) is 36.1 Å². The van der Waals surface area contributed by atoms with Crippen LogP contribution in [0.5, 0.6) is 0 Å². The Morgan fingerprint density at radius 2 is 2.00 bits per heavy atom. The van der Waals surface area contributed by atoms with Crippen molar-refractivity contribution in [3.63, 3.8) is 0 Å². The van der Waals surface area contributed by atoms with Gasteiger partial charge in [-0.05, 0) is 37.3 Å². The van der Waals surface area contributed by atoms with Crippen molar-refractivity contribution in [2.75, 3.05) is 6.54 Å². The molecule has 1 fully saturated rings. The molecule has 1 N–H and O–H groups in total. The minimum atomic E-state index is 0.201. The average Bonchev–Trinajstić information content (AvgIpc) is 2.97. The van der Waals surface area contributed by atoms with E-state index in [4.69, 9.17) is 0 Å². The van der Waals surface area contributed by atoms with Gasteiger partial charge < -0.3 is 9.88 Å². The summed E-state index contributed by atoms with van der Waals surface area (Å²) in [6, 6.07) is 8.83. The summed E-state index contributed by atoms with van der Waals surface area (Å²) < 4.78 is 0. The van der Waals surface area contributed by atoms with E-state index in [9.17, 15) is 4.79 Å². The molecule has 5 rings (SSSR count). The van der Waals surface area contributed by atoms with Crippen LogP contribution in [0.3, 0.4) is 0 Å². The number of hydrogen-bond acceptors (Lipinski definition) is 1. The third kappa shape index (κ3) is 1.54. The number of fused-ring (bicyclic) bond motifs is 7. The smallest absolute Gasteiger partial charge is 0.226 e. The average molecular weight is 292 g/mol. The number of H-pyrrole nitrogens is 1. The molecule has 3 heteroatoms. The van der Waals surface area contributed by atoms with Gasteiger partial charge in [0.05, 0.1) is 6.04 Å². The molecule has 0 unspecified atom stereocenters. The Balaban J connectivity index is 1.72. The molecule has 3 atom stereocenters. The maximum Gasteiger partial charge on any atom is 0.226 e. The molecule has 0 bridgehead atoms. The van der Waals surface area contributed by atoms with Gasteiger partial charge in [-0.1, -0.05) is 30.4 Å². The zero-order valence-electron chi connectivity index (χ0n) is 12.6. The lowest BCUT2D eigenvalue weighted by Crippen LogP contribution is -2.29. The summed E-state index contributed by atoms with van der Waals surface area (Å²) in [5.41, 5.74) is 3.98. The molecule has 0 radical (unpaired) electrons.